The van der Waals surface area contributed by atoms with Crippen LogP contribution < -0.4 is 10.0 Å². The summed E-state index contributed by atoms with van der Waals surface area (Å²) in [7, 11) is -3.63. The fourth-order valence-corrected chi connectivity index (χ4v) is 3.66. The van der Waals surface area contributed by atoms with E-state index in [1.54, 1.807) is 6.07 Å². The summed E-state index contributed by atoms with van der Waals surface area (Å²) in [6.07, 6.45) is 4.90. The van der Waals surface area contributed by atoms with E-state index in [9.17, 15) is 13.5 Å². The van der Waals surface area contributed by atoms with Gasteiger partial charge in [-0.2, -0.15) is 0 Å². The minimum absolute atomic E-state index is 0.127. The van der Waals surface area contributed by atoms with Crippen molar-refractivity contribution in [2.24, 2.45) is 0 Å². The third kappa shape index (κ3) is 4.39. The van der Waals surface area contributed by atoms with Gasteiger partial charge in [-0.3, -0.25) is 0 Å². The van der Waals surface area contributed by atoms with E-state index in [0.717, 1.165) is 25.8 Å². The first-order valence-corrected chi connectivity index (χ1v) is 8.91. The van der Waals surface area contributed by atoms with Crippen LogP contribution in [-0.4, -0.2) is 37.2 Å². The van der Waals surface area contributed by atoms with Gasteiger partial charge in [0, 0.05) is 18.8 Å². The van der Waals surface area contributed by atoms with Crippen LogP contribution in [-0.2, 0) is 10.0 Å². The molecule has 118 valence electrons. The van der Waals surface area contributed by atoms with Crippen LogP contribution in [0.5, 0.6) is 0 Å². The van der Waals surface area contributed by atoms with E-state index in [0.29, 0.717) is 18.7 Å². The summed E-state index contributed by atoms with van der Waals surface area (Å²) in [4.78, 5) is 4.23. The molecule has 7 heteroatoms. The first-order valence-electron chi connectivity index (χ1n) is 7.43. The molecular formula is C14H23N3O3S. The molecule has 1 fully saturated rings. The van der Waals surface area contributed by atoms with E-state index in [-0.39, 0.29) is 4.90 Å². The predicted molar refractivity (Wildman–Crippen MR) is 81.6 cm³/mol. The average Bonchev–Trinajstić information content (AvgIpc) is 2.48. The number of anilines is 1. The Bertz CT molecular complexity index is 545. The summed E-state index contributed by atoms with van der Waals surface area (Å²) < 4.78 is 27.2. The number of hydrogen-bond donors (Lipinski definition) is 3. The summed E-state index contributed by atoms with van der Waals surface area (Å²) in [5, 5.41) is 13.0. The highest BCUT2D eigenvalue weighted by Gasteiger charge is 2.28. The van der Waals surface area contributed by atoms with Crippen molar-refractivity contribution in [2.45, 2.75) is 56.1 Å². The van der Waals surface area contributed by atoms with Crippen LogP contribution in [0.4, 0.5) is 5.82 Å². The molecule has 0 aromatic carbocycles. The highest BCUT2D eigenvalue weighted by atomic mass is 32.2. The van der Waals surface area contributed by atoms with Gasteiger partial charge in [0.25, 0.3) is 0 Å². The highest BCUT2D eigenvalue weighted by Crippen LogP contribution is 2.20. The molecule has 6 nitrogen and oxygen atoms in total. The summed E-state index contributed by atoms with van der Waals surface area (Å²) in [6, 6.07) is 2.78. The van der Waals surface area contributed by atoms with Gasteiger partial charge >= 0.3 is 0 Å². The fourth-order valence-electron chi connectivity index (χ4n) is 2.41. The van der Waals surface area contributed by atoms with Crippen molar-refractivity contribution in [1.29, 1.82) is 0 Å². The van der Waals surface area contributed by atoms with E-state index in [2.05, 4.69) is 15.0 Å². The Balaban J connectivity index is 2.04. The van der Waals surface area contributed by atoms with Crippen molar-refractivity contribution in [1.82, 2.24) is 9.71 Å². The van der Waals surface area contributed by atoms with Gasteiger partial charge in [-0.1, -0.05) is 19.8 Å². The first kappa shape index (κ1) is 16.2. The van der Waals surface area contributed by atoms with Gasteiger partial charge in [0.1, 0.15) is 10.7 Å². The van der Waals surface area contributed by atoms with E-state index >= 15 is 0 Å². The summed E-state index contributed by atoms with van der Waals surface area (Å²) >= 11 is 0. The number of rotatable bonds is 6. The van der Waals surface area contributed by atoms with Crippen LogP contribution >= 0.6 is 0 Å². The second-order valence-electron chi connectivity index (χ2n) is 5.39. The highest BCUT2D eigenvalue weighted by molar-refractivity contribution is 7.89. The second-order valence-corrected chi connectivity index (χ2v) is 7.10. The minimum Gasteiger partial charge on any atom is -0.391 e. The minimum atomic E-state index is -3.63. The van der Waals surface area contributed by atoms with Crippen LogP contribution in [0.1, 0.15) is 39.0 Å². The average molecular weight is 313 g/mol. The Kier molecular flexibility index (Phi) is 5.55. The lowest BCUT2D eigenvalue weighted by atomic mass is 9.93. The number of aromatic nitrogens is 1. The van der Waals surface area contributed by atoms with Gasteiger partial charge < -0.3 is 10.4 Å². The van der Waals surface area contributed by atoms with Crippen LogP contribution in [0.25, 0.3) is 0 Å². The lowest BCUT2D eigenvalue weighted by Crippen LogP contribution is -2.44. The van der Waals surface area contributed by atoms with Gasteiger partial charge in [-0.05, 0) is 31.4 Å². The first-order chi connectivity index (χ1) is 10.0. The maximum Gasteiger partial charge on any atom is 0.242 e. The Labute approximate surface area is 126 Å². The molecule has 1 saturated carbocycles. The molecule has 0 spiro atoms. The number of nitrogens with zero attached hydrogens (tertiary/aromatic N) is 1. The zero-order valence-electron chi connectivity index (χ0n) is 12.2. The number of hydrogen-bond acceptors (Lipinski definition) is 5. The lowest BCUT2D eigenvalue weighted by molar-refractivity contribution is 0.101. The van der Waals surface area contributed by atoms with E-state index in [1.165, 1.54) is 12.3 Å². The summed E-state index contributed by atoms with van der Waals surface area (Å²) in [5.74, 6) is 0.661. The molecule has 0 aliphatic heterocycles. The van der Waals surface area contributed by atoms with Crippen molar-refractivity contribution in [3.63, 3.8) is 0 Å². The number of aliphatic hydroxyl groups is 1. The zero-order valence-corrected chi connectivity index (χ0v) is 13.1. The smallest absolute Gasteiger partial charge is 0.242 e. The van der Waals surface area contributed by atoms with Crippen molar-refractivity contribution in [3.8, 4) is 0 Å². The monoisotopic (exact) mass is 313 g/mol. The molecule has 0 amide bonds. The molecule has 1 aromatic rings. The molecule has 1 aliphatic carbocycles. The van der Waals surface area contributed by atoms with E-state index in [1.807, 2.05) is 6.92 Å². The quantitative estimate of drug-likeness (QED) is 0.740. The summed E-state index contributed by atoms with van der Waals surface area (Å²) in [5.41, 5.74) is 0. The fraction of sp³-hybridized carbons (Fsp3) is 0.643. The molecule has 2 atom stereocenters. The van der Waals surface area contributed by atoms with Crippen LogP contribution in [0.3, 0.4) is 0 Å². The third-order valence-electron chi connectivity index (χ3n) is 3.64. The molecule has 1 aliphatic rings. The topological polar surface area (TPSA) is 91.3 Å². The Hall–Kier alpha value is -1.18. The van der Waals surface area contributed by atoms with Gasteiger partial charge in [0.15, 0.2) is 0 Å². The molecule has 1 aromatic heterocycles. The number of nitrogens with one attached hydrogen (secondary N) is 2. The van der Waals surface area contributed by atoms with Crippen molar-refractivity contribution >= 4 is 15.8 Å². The summed E-state index contributed by atoms with van der Waals surface area (Å²) in [6.45, 7) is 2.84. The van der Waals surface area contributed by atoms with Crippen LogP contribution in [0.15, 0.2) is 23.2 Å². The molecule has 21 heavy (non-hydrogen) atoms. The molecule has 0 radical (unpaired) electrons. The Morgan fingerprint density at radius 3 is 2.71 bits per heavy atom. The molecule has 2 unspecified atom stereocenters. The standard InChI is InChI=1S/C14H23N3O3S/c1-2-9-15-14-8-7-11(10-16-14)21(19,20)17-12-5-3-4-6-13(12)18/h7-8,10,12-13,17-18H,2-6,9H2,1H3,(H,15,16). The maximum atomic E-state index is 12.3. The van der Waals surface area contributed by atoms with Gasteiger partial charge in [0.2, 0.25) is 10.0 Å². The number of pyridine rings is 1. The second kappa shape index (κ2) is 7.20. The van der Waals surface area contributed by atoms with E-state index < -0.39 is 22.2 Å². The number of sulfonamides is 1. The molecule has 2 rings (SSSR count). The SMILES string of the molecule is CCCNc1ccc(S(=O)(=O)NC2CCCCC2O)cn1. The predicted octanol–water partition coefficient (Wildman–Crippen LogP) is 1.49. The Morgan fingerprint density at radius 2 is 2.10 bits per heavy atom. The van der Waals surface area contributed by atoms with Gasteiger partial charge in [0.05, 0.1) is 6.10 Å². The molecule has 0 saturated heterocycles. The Morgan fingerprint density at radius 1 is 1.33 bits per heavy atom. The largest absolute Gasteiger partial charge is 0.391 e. The van der Waals surface area contributed by atoms with Crippen molar-refractivity contribution < 1.29 is 13.5 Å². The van der Waals surface area contributed by atoms with Crippen molar-refractivity contribution in [2.75, 3.05) is 11.9 Å². The van der Waals surface area contributed by atoms with Crippen LogP contribution in [0, 0.1) is 0 Å². The van der Waals surface area contributed by atoms with Crippen LogP contribution in [0.2, 0.25) is 0 Å². The molecule has 1 heterocycles. The molecule has 0 bridgehead atoms. The number of aliphatic hydroxyl groups excluding tert-OH is 1. The maximum absolute atomic E-state index is 12.3. The van der Waals surface area contributed by atoms with Gasteiger partial charge in [-0.15, -0.1) is 0 Å². The molecular weight excluding hydrogens is 290 g/mol. The molecule has 3 N–H and O–H groups in total. The normalized spacial score (nSPS) is 23.0. The zero-order chi connectivity index (χ0) is 15.3. The van der Waals surface area contributed by atoms with Gasteiger partial charge in [-0.25, -0.2) is 18.1 Å². The third-order valence-corrected chi connectivity index (χ3v) is 5.11. The lowest BCUT2D eigenvalue weighted by Gasteiger charge is -2.28. The van der Waals surface area contributed by atoms with Crippen molar-refractivity contribution in [3.05, 3.63) is 18.3 Å². The van der Waals surface area contributed by atoms with E-state index in [4.69, 9.17) is 0 Å².